The van der Waals surface area contributed by atoms with E-state index in [1.807, 2.05) is 18.2 Å². The van der Waals surface area contributed by atoms with Crippen molar-refractivity contribution >= 4 is 54.4 Å². The van der Waals surface area contributed by atoms with Crippen LogP contribution in [0.15, 0.2) is 23.3 Å². The number of H-pyrrole nitrogens is 1. The summed E-state index contributed by atoms with van der Waals surface area (Å²) in [5.74, 6) is 1.34. The summed E-state index contributed by atoms with van der Waals surface area (Å²) < 4.78 is 5.32. The average Bonchev–Trinajstić information content (AvgIpc) is 3.13. The van der Waals surface area contributed by atoms with Crippen LogP contribution in [0.3, 0.4) is 0 Å². The van der Waals surface area contributed by atoms with E-state index in [9.17, 15) is 5.11 Å². The summed E-state index contributed by atoms with van der Waals surface area (Å²) in [5, 5.41) is 10.1. The Morgan fingerprint density at radius 1 is 1.25 bits per heavy atom. The van der Waals surface area contributed by atoms with Gasteiger partial charge < -0.3 is 19.7 Å². The quantitative estimate of drug-likeness (QED) is 0.848. The molecule has 2 aromatic rings. The van der Waals surface area contributed by atoms with Gasteiger partial charge in [-0.25, -0.2) is 9.98 Å². The number of pyridine rings is 1. The van der Waals surface area contributed by atoms with Crippen LogP contribution in [-0.4, -0.2) is 52.6 Å². The van der Waals surface area contributed by atoms with Crippen molar-refractivity contribution < 1.29 is 9.84 Å². The molecule has 1 saturated heterocycles. The Kier molecular flexibility index (Phi) is 5.82. The molecule has 4 rings (SSSR count). The Morgan fingerprint density at radius 2 is 2.04 bits per heavy atom. The topological polar surface area (TPSA) is 86.6 Å². The molecule has 7 nitrogen and oxygen atoms in total. The molecule has 0 unspecified atom stereocenters. The van der Waals surface area contributed by atoms with Gasteiger partial charge in [0.2, 0.25) is 11.8 Å². The number of nitrogens with zero attached hydrogens (tertiary/aromatic N) is 4. The molecule has 0 spiro atoms. The van der Waals surface area contributed by atoms with E-state index in [-0.39, 0.29) is 30.7 Å². The number of anilines is 1. The van der Waals surface area contributed by atoms with Crippen molar-refractivity contribution in [1.82, 2.24) is 15.0 Å². The molecule has 2 N–H and O–H groups in total. The highest BCUT2D eigenvalue weighted by molar-refractivity contribution is 6.20. The number of rotatable bonds is 2. The highest BCUT2D eigenvalue weighted by Crippen LogP contribution is 2.32. The van der Waals surface area contributed by atoms with Gasteiger partial charge in [-0.15, -0.1) is 24.8 Å². The van der Waals surface area contributed by atoms with Crippen LogP contribution >= 0.6 is 24.8 Å². The van der Waals surface area contributed by atoms with E-state index in [1.54, 1.807) is 12.4 Å². The van der Waals surface area contributed by atoms with Crippen LogP contribution in [0.2, 0.25) is 0 Å². The summed E-state index contributed by atoms with van der Waals surface area (Å²) in [7, 11) is 0. The highest BCUT2D eigenvalue weighted by atomic mass is 35.5. The van der Waals surface area contributed by atoms with Gasteiger partial charge in [-0.2, -0.15) is 4.98 Å². The molecule has 2 aromatic heterocycles. The fourth-order valence-electron chi connectivity index (χ4n) is 2.59. The number of imidazole rings is 1. The molecule has 1 fully saturated rings. The van der Waals surface area contributed by atoms with Crippen molar-refractivity contribution in [2.45, 2.75) is 0 Å². The lowest BCUT2D eigenvalue weighted by atomic mass is 10.1. The van der Waals surface area contributed by atoms with Crippen LogP contribution in [0.25, 0.3) is 11.6 Å². The van der Waals surface area contributed by atoms with Crippen LogP contribution in [0.1, 0.15) is 11.3 Å². The molecule has 24 heavy (non-hydrogen) atoms. The maximum absolute atomic E-state index is 10.1. The number of morpholine rings is 1. The molecule has 4 heterocycles. The standard InChI is InChI=1S/C15H15N5O2.2ClH/c21-14-12(18-15(19-14)20-4-6-22-7-5-20)8-10-9-17-13-11(10)2-1-3-16-13;;/h1-3,8-9,21H,4-7H2,(H,18,19);2*1H. The van der Waals surface area contributed by atoms with Gasteiger partial charge in [0.05, 0.1) is 13.2 Å². The number of halogens is 2. The van der Waals surface area contributed by atoms with Crippen molar-refractivity contribution in [1.29, 1.82) is 0 Å². The zero-order valence-corrected chi connectivity index (χ0v) is 14.3. The van der Waals surface area contributed by atoms with Crippen LogP contribution in [0, 0.1) is 0 Å². The zero-order valence-electron chi connectivity index (χ0n) is 12.7. The molecule has 0 atom stereocenters. The minimum Gasteiger partial charge on any atom is -0.492 e. The number of aromatic nitrogens is 3. The van der Waals surface area contributed by atoms with E-state index in [2.05, 4.69) is 24.8 Å². The summed E-state index contributed by atoms with van der Waals surface area (Å²) in [4.78, 5) is 17.9. The van der Waals surface area contributed by atoms with E-state index in [4.69, 9.17) is 4.74 Å². The van der Waals surface area contributed by atoms with Gasteiger partial charge in [-0.05, 0) is 18.2 Å². The second kappa shape index (κ2) is 7.65. The van der Waals surface area contributed by atoms with Crippen molar-refractivity contribution in [3.63, 3.8) is 0 Å². The highest BCUT2D eigenvalue weighted by Gasteiger charge is 2.18. The molecule has 0 saturated carbocycles. The van der Waals surface area contributed by atoms with Gasteiger partial charge in [0.15, 0.2) is 5.82 Å². The molecule has 128 valence electrons. The number of nitrogens with one attached hydrogen (secondary N) is 1. The van der Waals surface area contributed by atoms with Gasteiger partial charge >= 0.3 is 0 Å². The van der Waals surface area contributed by atoms with Crippen molar-refractivity contribution in [2.24, 2.45) is 4.99 Å². The Hall–Kier alpha value is -2.09. The van der Waals surface area contributed by atoms with Crippen LogP contribution in [0.4, 0.5) is 11.8 Å². The predicted octanol–water partition coefficient (Wildman–Crippen LogP) is 2.45. The minimum absolute atomic E-state index is 0. The lowest BCUT2D eigenvalue weighted by molar-refractivity contribution is 0.122. The van der Waals surface area contributed by atoms with Crippen molar-refractivity contribution in [3.8, 4) is 5.88 Å². The molecule has 0 amide bonds. The van der Waals surface area contributed by atoms with Crippen LogP contribution in [-0.2, 0) is 4.74 Å². The lowest BCUT2D eigenvalue weighted by Crippen LogP contribution is -2.36. The number of aromatic amines is 1. The molecule has 9 heteroatoms. The van der Waals surface area contributed by atoms with Gasteiger partial charge in [0, 0.05) is 36.6 Å². The predicted molar refractivity (Wildman–Crippen MR) is 98.0 cm³/mol. The molecule has 0 aromatic carbocycles. The van der Waals surface area contributed by atoms with Crippen LogP contribution in [0.5, 0.6) is 5.88 Å². The summed E-state index contributed by atoms with van der Waals surface area (Å²) in [6.45, 7) is 2.86. The van der Waals surface area contributed by atoms with E-state index in [1.165, 1.54) is 0 Å². The van der Waals surface area contributed by atoms with E-state index in [0.717, 1.165) is 24.2 Å². The van der Waals surface area contributed by atoms with Crippen molar-refractivity contribution in [3.05, 3.63) is 29.6 Å². The smallest absolute Gasteiger partial charge is 0.238 e. The van der Waals surface area contributed by atoms with E-state index < -0.39 is 0 Å². The van der Waals surface area contributed by atoms with Crippen molar-refractivity contribution in [2.75, 3.05) is 31.2 Å². The average molecular weight is 370 g/mol. The van der Waals surface area contributed by atoms with E-state index >= 15 is 0 Å². The Balaban J connectivity index is 0.00000104. The Morgan fingerprint density at radius 3 is 2.83 bits per heavy atom. The molecular formula is C15H17Cl2N5O2. The van der Waals surface area contributed by atoms with Gasteiger partial charge in [-0.1, -0.05) is 0 Å². The first-order valence-corrected chi connectivity index (χ1v) is 7.14. The zero-order chi connectivity index (χ0) is 14.9. The van der Waals surface area contributed by atoms with E-state index in [0.29, 0.717) is 30.7 Å². The monoisotopic (exact) mass is 369 g/mol. The maximum Gasteiger partial charge on any atom is 0.238 e. The minimum atomic E-state index is -0.0141. The largest absolute Gasteiger partial charge is 0.492 e. The summed E-state index contributed by atoms with van der Waals surface area (Å²) in [6, 6.07) is 3.82. The number of fused-ring (bicyclic) bond motifs is 1. The number of aromatic hydroxyl groups is 1. The molecule has 0 aliphatic carbocycles. The Labute approximate surface area is 151 Å². The van der Waals surface area contributed by atoms with Crippen LogP contribution < -0.4 is 4.90 Å². The maximum atomic E-state index is 10.1. The first-order chi connectivity index (χ1) is 10.8. The molecule has 2 aliphatic rings. The first kappa shape index (κ1) is 18.3. The van der Waals surface area contributed by atoms with Gasteiger partial charge in [-0.3, -0.25) is 0 Å². The third-order valence-corrected chi connectivity index (χ3v) is 3.73. The number of ether oxygens (including phenoxy) is 1. The summed E-state index contributed by atoms with van der Waals surface area (Å²) >= 11 is 0. The normalized spacial score (nSPS) is 17.3. The van der Waals surface area contributed by atoms with Gasteiger partial charge in [0.25, 0.3) is 0 Å². The lowest BCUT2D eigenvalue weighted by Gasteiger charge is -2.25. The summed E-state index contributed by atoms with van der Waals surface area (Å²) in [6.07, 6.45) is 5.29. The molecule has 0 radical (unpaired) electrons. The molecule has 0 bridgehead atoms. The SMILES string of the molecule is Cl.Cl.Oc1nc(N2CCOCC2)[nH]c1C=C1C=Nc2ncccc21. The fraction of sp³-hybridized carbons (Fsp3) is 0.267. The summed E-state index contributed by atoms with van der Waals surface area (Å²) in [5.41, 5.74) is 2.42. The number of hydrogen-bond acceptors (Lipinski definition) is 6. The second-order valence-electron chi connectivity index (χ2n) is 5.13. The number of hydrogen-bond donors (Lipinski definition) is 2. The van der Waals surface area contributed by atoms with Gasteiger partial charge in [0.1, 0.15) is 5.69 Å². The molecular weight excluding hydrogens is 353 g/mol. The second-order valence-corrected chi connectivity index (χ2v) is 5.13. The third kappa shape index (κ3) is 3.38. The third-order valence-electron chi connectivity index (χ3n) is 3.73. The fourth-order valence-corrected chi connectivity index (χ4v) is 2.59. The number of allylic oxidation sites excluding steroid dienone is 1. The first-order valence-electron chi connectivity index (χ1n) is 7.14. The Bertz CT molecular complexity index is 769. The number of aliphatic imine (C=N–C) groups is 1. The molecule has 2 aliphatic heterocycles.